The maximum Gasteiger partial charge on any atom is 0.123 e. The van der Waals surface area contributed by atoms with Crippen molar-refractivity contribution in [2.45, 2.75) is 44.3 Å². The fraction of sp³-hybridized carbons (Fsp3) is 0.455. The van der Waals surface area contributed by atoms with Crippen LogP contribution in [-0.4, -0.2) is 46.5 Å². The van der Waals surface area contributed by atoms with Crippen LogP contribution in [0.2, 0.25) is 0 Å². The Balaban J connectivity index is 1.31. The number of phenolic OH excluding ortho intramolecular Hbond substituents is 1. The number of nitrogens with zero attached hydrogens (tertiary/aromatic N) is 1. The summed E-state index contributed by atoms with van der Waals surface area (Å²) in [4.78, 5) is 2.39. The van der Waals surface area contributed by atoms with Crippen molar-refractivity contribution in [1.82, 2.24) is 4.90 Å². The van der Waals surface area contributed by atoms with Gasteiger partial charge in [-0.2, -0.15) is 0 Å². The molecule has 0 unspecified atom stereocenters. The lowest BCUT2D eigenvalue weighted by Gasteiger charge is -2.39. The Labute approximate surface area is 155 Å². The molecule has 0 bridgehead atoms. The number of rotatable bonds is 4. The molecule has 2 heterocycles. The van der Waals surface area contributed by atoms with Gasteiger partial charge in [-0.15, -0.1) is 0 Å². The van der Waals surface area contributed by atoms with E-state index in [2.05, 4.69) is 24.0 Å². The van der Waals surface area contributed by atoms with Crippen LogP contribution in [0.4, 0.5) is 0 Å². The average Bonchev–Trinajstić information content (AvgIpc) is 3.01. The largest absolute Gasteiger partial charge is 0.508 e. The Kier molecular flexibility index (Phi) is 4.63. The molecule has 2 aliphatic heterocycles. The maximum atomic E-state index is 11.0. The predicted octanol–water partition coefficient (Wildman–Crippen LogP) is 3.07. The molecule has 1 atom stereocenters. The third kappa shape index (κ3) is 3.71. The van der Waals surface area contributed by atoms with E-state index < -0.39 is 5.60 Å². The minimum atomic E-state index is -0.603. The number of aryl methyl sites for hydroxylation is 1. The first-order chi connectivity index (χ1) is 12.5. The van der Waals surface area contributed by atoms with Gasteiger partial charge in [0.05, 0.1) is 5.60 Å². The van der Waals surface area contributed by atoms with Crippen LogP contribution in [-0.2, 0) is 12.8 Å². The maximum absolute atomic E-state index is 11.0. The van der Waals surface area contributed by atoms with E-state index >= 15 is 0 Å². The summed E-state index contributed by atoms with van der Waals surface area (Å²) < 4.78 is 6.01. The lowest BCUT2D eigenvalue weighted by molar-refractivity contribution is -0.0265. The Morgan fingerprint density at radius 3 is 2.69 bits per heavy atom. The molecule has 0 amide bonds. The van der Waals surface area contributed by atoms with Crippen LogP contribution in [0.1, 0.15) is 29.5 Å². The van der Waals surface area contributed by atoms with Crippen molar-refractivity contribution >= 4 is 0 Å². The van der Waals surface area contributed by atoms with Gasteiger partial charge in [-0.1, -0.05) is 24.3 Å². The molecule has 1 fully saturated rings. The Morgan fingerprint density at radius 1 is 1.15 bits per heavy atom. The van der Waals surface area contributed by atoms with Crippen LogP contribution < -0.4 is 4.74 Å². The molecule has 2 N–H and O–H groups in total. The third-order valence-electron chi connectivity index (χ3n) is 5.81. The molecule has 0 saturated carbocycles. The van der Waals surface area contributed by atoms with Crippen LogP contribution in [0.25, 0.3) is 0 Å². The van der Waals surface area contributed by atoms with Gasteiger partial charge in [0.2, 0.25) is 0 Å². The van der Waals surface area contributed by atoms with E-state index in [0.717, 1.165) is 56.6 Å². The molecule has 0 spiro atoms. The average molecular weight is 353 g/mol. The first-order valence-corrected chi connectivity index (χ1v) is 9.49. The molecular formula is C22H27NO3. The summed E-state index contributed by atoms with van der Waals surface area (Å²) >= 11 is 0. The summed E-state index contributed by atoms with van der Waals surface area (Å²) in [5.74, 6) is 1.19. The zero-order chi connectivity index (χ0) is 18.1. The van der Waals surface area contributed by atoms with Crippen molar-refractivity contribution in [2.24, 2.45) is 0 Å². The molecule has 4 rings (SSSR count). The number of benzene rings is 2. The standard InChI is InChI=1S/C22H27NO3/c1-16-4-2-3-5-17(16)14-22(25)8-10-23(11-9-22)15-20-13-18-12-19(24)6-7-21(18)26-20/h2-7,12,20,24-25H,8-11,13-15H2,1H3/t20-/m0/s1. The molecule has 138 valence electrons. The molecule has 2 aromatic carbocycles. The van der Waals surface area contributed by atoms with Crippen molar-refractivity contribution in [3.63, 3.8) is 0 Å². The van der Waals surface area contributed by atoms with Crippen LogP contribution >= 0.6 is 0 Å². The fourth-order valence-corrected chi connectivity index (χ4v) is 4.19. The van der Waals surface area contributed by atoms with Crippen molar-refractivity contribution in [1.29, 1.82) is 0 Å². The topological polar surface area (TPSA) is 52.9 Å². The number of fused-ring (bicyclic) bond motifs is 1. The minimum absolute atomic E-state index is 0.134. The van der Waals surface area contributed by atoms with Gasteiger partial charge in [-0.25, -0.2) is 0 Å². The van der Waals surface area contributed by atoms with Gasteiger partial charge in [0, 0.05) is 38.0 Å². The number of hydrogen-bond donors (Lipinski definition) is 2. The van der Waals surface area contributed by atoms with E-state index in [1.165, 1.54) is 11.1 Å². The van der Waals surface area contributed by atoms with E-state index in [1.54, 1.807) is 12.1 Å². The summed E-state index contributed by atoms with van der Waals surface area (Å²) in [6.07, 6.45) is 3.30. The molecule has 4 heteroatoms. The van der Waals surface area contributed by atoms with E-state index in [4.69, 9.17) is 4.74 Å². The Morgan fingerprint density at radius 2 is 1.92 bits per heavy atom. The number of hydrogen-bond acceptors (Lipinski definition) is 4. The molecular weight excluding hydrogens is 326 g/mol. The number of ether oxygens (including phenoxy) is 1. The van der Waals surface area contributed by atoms with Gasteiger partial charge in [-0.3, -0.25) is 4.90 Å². The molecule has 0 radical (unpaired) electrons. The van der Waals surface area contributed by atoms with Gasteiger partial charge < -0.3 is 14.9 Å². The Hall–Kier alpha value is -2.04. The van der Waals surface area contributed by atoms with Crippen molar-refractivity contribution in [3.8, 4) is 11.5 Å². The summed E-state index contributed by atoms with van der Waals surface area (Å²) in [6.45, 7) is 4.77. The van der Waals surface area contributed by atoms with Gasteiger partial charge >= 0.3 is 0 Å². The van der Waals surface area contributed by atoms with E-state index in [0.29, 0.717) is 5.75 Å². The smallest absolute Gasteiger partial charge is 0.123 e. The summed E-state index contributed by atoms with van der Waals surface area (Å²) in [6, 6.07) is 13.7. The predicted molar refractivity (Wildman–Crippen MR) is 102 cm³/mol. The number of aromatic hydroxyl groups is 1. The summed E-state index contributed by atoms with van der Waals surface area (Å²) in [7, 11) is 0. The highest BCUT2D eigenvalue weighted by atomic mass is 16.5. The van der Waals surface area contributed by atoms with Gasteiger partial charge in [0.1, 0.15) is 17.6 Å². The number of likely N-dealkylation sites (tertiary alicyclic amines) is 1. The molecule has 0 aromatic heterocycles. The summed E-state index contributed by atoms with van der Waals surface area (Å²) in [5, 5.41) is 20.6. The molecule has 0 aliphatic carbocycles. The molecule has 4 nitrogen and oxygen atoms in total. The highest BCUT2D eigenvalue weighted by Crippen LogP contribution is 2.33. The van der Waals surface area contributed by atoms with Crippen molar-refractivity contribution < 1.29 is 14.9 Å². The minimum Gasteiger partial charge on any atom is -0.508 e. The second kappa shape index (κ2) is 6.93. The zero-order valence-electron chi connectivity index (χ0n) is 15.3. The Bertz CT molecular complexity index is 781. The van der Waals surface area contributed by atoms with E-state index in [-0.39, 0.29) is 6.10 Å². The van der Waals surface area contributed by atoms with Crippen LogP contribution in [0.5, 0.6) is 11.5 Å². The first kappa shape index (κ1) is 17.4. The normalized spacial score (nSPS) is 22.0. The molecule has 2 aromatic rings. The van der Waals surface area contributed by atoms with E-state index in [9.17, 15) is 10.2 Å². The number of aliphatic hydroxyl groups is 1. The lowest BCUT2D eigenvalue weighted by Crippen LogP contribution is -2.48. The molecule has 26 heavy (non-hydrogen) atoms. The number of piperidine rings is 1. The van der Waals surface area contributed by atoms with Crippen LogP contribution in [0, 0.1) is 6.92 Å². The third-order valence-corrected chi connectivity index (χ3v) is 5.81. The fourth-order valence-electron chi connectivity index (χ4n) is 4.19. The highest BCUT2D eigenvalue weighted by molar-refractivity contribution is 5.42. The quantitative estimate of drug-likeness (QED) is 0.887. The molecule has 2 aliphatic rings. The summed E-state index contributed by atoms with van der Waals surface area (Å²) in [5.41, 5.74) is 2.98. The number of phenols is 1. The van der Waals surface area contributed by atoms with Crippen molar-refractivity contribution in [2.75, 3.05) is 19.6 Å². The van der Waals surface area contributed by atoms with Gasteiger partial charge in [0.25, 0.3) is 0 Å². The second-order valence-corrected chi connectivity index (χ2v) is 7.86. The first-order valence-electron chi connectivity index (χ1n) is 9.49. The van der Waals surface area contributed by atoms with Gasteiger partial charge in [0.15, 0.2) is 0 Å². The van der Waals surface area contributed by atoms with Gasteiger partial charge in [-0.05, 0) is 49.1 Å². The van der Waals surface area contributed by atoms with E-state index in [1.807, 2.05) is 18.2 Å². The lowest BCUT2D eigenvalue weighted by atomic mass is 9.84. The monoisotopic (exact) mass is 353 g/mol. The second-order valence-electron chi connectivity index (χ2n) is 7.86. The van der Waals surface area contributed by atoms with Crippen molar-refractivity contribution in [3.05, 3.63) is 59.2 Å². The van der Waals surface area contributed by atoms with Crippen LogP contribution in [0.15, 0.2) is 42.5 Å². The zero-order valence-corrected chi connectivity index (χ0v) is 15.3. The molecule has 1 saturated heterocycles. The SMILES string of the molecule is Cc1ccccc1CC1(O)CCN(C[C@@H]2Cc3cc(O)ccc3O2)CC1. The highest BCUT2D eigenvalue weighted by Gasteiger charge is 2.34. The van der Waals surface area contributed by atoms with Crippen LogP contribution in [0.3, 0.4) is 0 Å².